The van der Waals surface area contributed by atoms with Crippen LogP contribution in [0.4, 0.5) is 11.4 Å². The predicted octanol–water partition coefficient (Wildman–Crippen LogP) is -7.06. The summed E-state index contributed by atoms with van der Waals surface area (Å²) in [6, 6.07) is 10.7. The van der Waals surface area contributed by atoms with Gasteiger partial charge in [-0.1, -0.05) is 0 Å². The zero-order chi connectivity index (χ0) is 21.0. The first-order chi connectivity index (χ1) is 13.9. The van der Waals surface area contributed by atoms with E-state index in [1.807, 2.05) is 0 Å². The molecule has 32 heavy (non-hydrogen) atoms. The molecule has 0 bridgehead atoms. The standard InChI is InChI=1S/C16H12N4O7S2.3Na.3H/c21-9-27-15-14(18-17-10-1-5-12(6-2-10)28(23)24)16(22)20(19-15)11-3-7-13(8-4-11)29(25)26;;;;;;/h1-9,19H,(H,23,24)(H,25,26);;;;;;/q;3*+1;3*-1/p-2. The van der Waals surface area contributed by atoms with Gasteiger partial charge in [-0.15, -0.1) is 5.11 Å². The summed E-state index contributed by atoms with van der Waals surface area (Å²) in [5, 5.41) is 10.2. The first-order valence-corrected chi connectivity index (χ1v) is 9.82. The van der Waals surface area contributed by atoms with Crippen LogP contribution in [0.25, 0.3) is 5.69 Å². The first kappa shape index (κ1) is 31.7. The molecule has 2 unspecified atom stereocenters. The summed E-state index contributed by atoms with van der Waals surface area (Å²) in [6.45, 7) is 0.0939. The smallest absolute Gasteiger partial charge is 1.00 e. The van der Waals surface area contributed by atoms with E-state index in [-0.39, 0.29) is 132 Å². The molecular formula is C16H13N4Na3O7S2-2. The number of H-pyrrole nitrogens is 1. The van der Waals surface area contributed by atoms with Crippen LogP contribution in [0, 0.1) is 0 Å². The minimum Gasteiger partial charge on any atom is -1.00 e. The summed E-state index contributed by atoms with van der Waals surface area (Å²) < 4.78 is 49.3. The van der Waals surface area contributed by atoms with Crippen LogP contribution in [0.1, 0.15) is 4.28 Å². The Morgan fingerprint density at radius 3 is 1.88 bits per heavy atom. The Labute approximate surface area is 257 Å². The van der Waals surface area contributed by atoms with Gasteiger partial charge < -0.3 is 18.1 Å². The monoisotopic (exact) mass is 506 g/mol. The van der Waals surface area contributed by atoms with E-state index in [1.165, 1.54) is 48.5 Å². The zero-order valence-electron chi connectivity index (χ0n) is 20.2. The quantitative estimate of drug-likeness (QED) is 0.144. The van der Waals surface area contributed by atoms with E-state index in [1.54, 1.807) is 0 Å². The van der Waals surface area contributed by atoms with Crippen LogP contribution < -0.4 is 99.0 Å². The second kappa shape index (κ2) is 14.9. The number of nitrogens with zero attached hydrogens (tertiary/aromatic N) is 3. The molecule has 3 aromatic rings. The number of carbonyl (C=O) groups is 1. The molecule has 11 nitrogen and oxygen atoms in total. The predicted molar refractivity (Wildman–Crippen MR) is 101 cm³/mol. The molecule has 1 heterocycles. The molecule has 2 aromatic carbocycles. The van der Waals surface area contributed by atoms with Crippen LogP contribution in [0.2, 0.25) is 0 Å². The Hall–Kier alpha value is -0.260. The molecule has 0 fully saturated rings. The van der Waals surface area contributed by atoms with E-state index < -0.39 is 27.7 Å². The van der Waals surface area contributed by atoms with E-state index in [4.69, 9.17) is 4.74 Å². The van der Waals surface area contributed by atoms with Gasteiger partial charge in [0.1, 0.15) is 0 Å². The third kappa shape index (κ3) is 7.91. The molecule has 16 heteroatoms. The molecule has 0 radical (unpaired) electrons. The van der Waals surface area contributed by atoms with Crippen LogP contribution in [-0.2, 0) is 27.0 Å². The van der Waals surface area contributed by atoms with Gasteiger partial charge in [0.15, 0.2) is 0 Å². The molecule has 156 valence electrons. The maximum Gasteiger partial charge on any atom is 1.00 e. The van der Waals surface area contributed by atoms with Crippen LogP contribution >= 0.6 is 0 Å². The number of hydrogen-bond acceptors (Lipinski definition) is 9. The summed E-state index contributed by atoms with van der Waals surface area (Å²) in [6.07, 6.45) is 0. The van der Waals surface area contributed by atoms with Crippen molar-refractivity contribution >= 4 is 40.0 Å². The van der Waals surface area contributed by atoms with Crippen molar-refractivity contribution in [1.82, 2.24) is 9.78 Å². The summed E-state index contributed by atoms with van der Waals surface area (Å²) in [5.41, 5.74) is -0.502. The third-order valence-electron chi connectivity index (χ3n) is 3.58. The molecule has 0 aliphatic rings. The van der Waals surface area contributed by atoms with Crippen molar-refractivity contribution in [2.24, 2.45) is 10.2 Å². The molecule has 0 saturated carbocycles. The van der Waals surface area contributed by atoms with Gasteiger partial charge in [0.25, 0.3) is 6.47 Å². The summed E-state index contributed by atoms with van der Waals surface area (Å²) in [7, 11) is 0. The number of aromatic nitrogens is 2. The van der Waals surface area contributed by atoms with Gasteiger partial charge in [-0.05, 0) is 70.7 Å². The van der Waals surface area contributed by atoms with Crippen LogP contribution in [0.5, 0.6) is 5.88 Å². The molecule has 2 atom stereocenters. The summed E-state index contributed by atoms with van der Waals surface area (Å²) >= 11 is -4.81. The number of hydrogen-bond donors (Lipinski definition) is 1. The van der Waals surface area contributed by atoms with E-state index in [0.29, 0.717) is 0 Å². The topological polar surface area (TPSA) is 169 Å². The third-order valence-corrected chi connectivity index (χ3v) is 4.90. The van der Waals surface area contributed by atoms with E-state index in [9.17, 15) is 27.1 Å². The SMILES string of the molecule is O=COc1[nH]n(-c2ccc(S(=O)[O-])cc2)c(=O)c1N=Nc1ccc(S(=O)[O-])cc1.[H-].[H-].[H-].[Na+].[Na+].[Na+]. The molecule has 0 aliphatic carbocycles. The van der Waals surface area contributed by atoms with Crippen molar-refractivity contribution in [1.29, 1.82) is 0 Å². The van der Waals surface area contributed by atoms with Gasteiger partial charge in [0.2, 0.25) is 11.6 Å². The largest absolute Gasteiger partial charge is 1.00 e. The number of benzene rings is 2. The molecule has 0 saturated heterocycles. The fraction of sp³-hybridized carbons (Fsp3) is 0. The average Bonchev–Trinajstić information content (AvgIpc) is 3.02. The Kier molecular flexibility index (Phi) is 14.8. The normalized spacial score (nSPS) is 12.1. The van der Waals surface area contributed by atoms with E-state index in [2.05, 4.69) is 15.3 Å². The number of azo groups is 1. The molecule has 1 aromatic heterocycles. The Morgan fingerprint density at radius 1 is 0.906 bits per heavy atom. The molecule has 0 aliphatic heterocycles. The van der Waals surface area contributed by atoms with E-state index >= 15 is 0 Å². The van der Waals surface area contributed by atoms with Gasteiger partial charge in [0.05, 0.1) is 11.4 Å². The molecule has 3 rings (SSSR count). The molecule has 0 amide bonds. The average molecular weight is 506 g/mol. The van der Waals surface area contributed by atoms with Crippen molar-refractivity contribution in [2.45, 2.75) is 9.79 Å². The van der Waals surface area contributed by atoms with Crippen LogP contribution in [0.15, 0.2) is 73.3 Å². The molecule has 0 spiro atoms. The zero-order valence-corrected chi connectivity index (χ0v) is 24.8. The number of carbonyl (C=O) groups excluding carboxylic acids is 1. The van der Waals surface area contributed by atoms with Crippen molar-refractivity contribution in [2.75, 3.05) is 0 Å². The Balaban J connectivity index is -0.000000801. The summed E-state index contributed by atoms with van der Waals surface area (Å²) in [4.78, 5) is 23.4. The van der Waals surface area contributed by atoms with Gasteiger partial charge >= 0.3 is 94.2 Å². The van der Waals surface area contributed by atoms with Gasteiger partial charge in [0, 0.05) is 9.79 Å². The fourth-order valence-electron chi connectivity index (χ4n) is 2.25. The number of ether oxygens (including phenoxy) is 1. The van der Waals surface area contributed by atoms with Crippen LogP contribution in [-0.4, -0.2) is 33.8 Å². The second-order valence-electron chi connectivity index (χ2n) is 5.30. The van der Waals surface area contributed by atoms with Gasteiger partial charge in [-0.3, -0.25) is 23.1 Å². The molecular weight excluding hydrogens is 493 g/mol. The Bertz CT molecular complexity index is 1200. The second-order valence-corrected chi connectivity index (χ2v) is 7.18. The maximum atomic E-state index is 12.6. The number of rotatable bonds is 7. The summed E-state index contributed by atoms with van der Waals surface area (Å²) in [5.74, 6) is -0.275. The van der Waals surface area contributed by atoms with Crippen molar-refractivity contribution in [3.63, 3.8) is 0 Å². The maximum absolute atomic E-state index is 12.6. The van der Waals surface area contributed by atoms with Gasteiger partial charge in [-0.2, -0.15) is 5.11 Å². The fourth-order valence-corrected chi connectivity index (χ4v) is 2.96. The van der Waals surface area contributed by atoms with Crippen LogP contribution in [0.3, 0.4) is 0 Å². The van der Waals surface area contributed by atoms with Gasteiger partial charge in [-0.25, -0.2) is 4.68 Å². The van der Waals surface area contributed by atoms with E-state index in [0.717, 1.165) is 4.68 Å². The van der Waals surface area contributed by atoms with Crippen molar-refractivity contribution in [3.05, 3.63) is 58.9 Å². The first-order valence-electron chi connectivity index (χ1n) is 7.67. The molecule has 1 N–H and O–H groups in total. The van der Waals surface area contributed by atoms with Crippen molar-refractivity contribution in [3.8, 4) is 11.6 Å². The minimum absolute atomic E-state index is 0. The Morgan fingerprint density at radius 2 is 1.41 bits per heavy atom. The minimum atomic E-state index is -2.42. The van der Waals surface area contributed by atoms with Crippen molar-refractivity contribution < 1.29 is 120 Å². The number of aromatic amines is 1. The number of nitrogens with one attached hydrogen (secondary N) is 1.